The van der Waals surface area contributed by atoms with Gasteiger partial charge in [-0.05, 0) is 48.8 Å². The molecule has 1 atom stereocenters. The molecule has 6 heteroatoms. The minimum atomic E-state index is -0.989. The lowest BCUT2D eigenvalue weighted by molar-refractivity contribution is -0.132. The van der Waals surface area contributed by atoms with Crippen LogP contribution in [0.1, 0.15) is 75.7 Å². The summed E-state index contributed by atoms with van der Waals surface area (Å²) in [7, 11) is 1.67. The van der Waals surface area contributed by atoms with Gasteiger partial charge in [-0.25, -0.2) is 4.99 Å². The van der Waals surface area contributed by atoms with E-state index in [4.69, 9.17) is 10.5 Å². The highest BCUT2D eigenvalue weighted by Gasteiger charge is 2.48. The highest BCUT2D eigenvalue weighted by Crippen LogP contribution is 2.40. The first-order chi connectivity index (χ1) is 14.0. The topological polar surface area (TPSA) is 88.2 Å². The quantitative estimate of drug-likeness (QED) is 0.759. The SMILES string of the molecule is CN1C(=O)C(COc2cc(C3CCCC3)ccc2O)(CC2CCCCC2)N=C1N. The normalized spacial score (nSPS) is 26.2. The van der Waals surface area contributed by atoms with Gasteiger partial charge >= 0.3 is 0 Å². The molecule has 3 aliphatic rings. The molecule has 4 rings (SSSR count). The highest BCUT2D eigenvalue weighted by atomic mass is 16.5. The largest absolute Gasteiger partial charge is 0.504 e. The number of nitrogens with two attached hydrogens (primary N) is 1. The molecule has 2 fully saturated rings. The van der Waals surface area contributed by atoms with E-state index in [0.29, 0.717) is 24.0 Å². The Hall–Kier alpha value is -2.24. The number of likely N-dealkylation sites (N-methyl/N-ethyl adjacent to an activating group) is 1. The van der Waals surface area contributed by atoms with Crippen LogP contribution in [0.25, 0.3) is 0 Å². The van der Waals surface area contributed by atoms with Gasteiger partial charge in [-0.3, -0.25) is 9.69 Å². The van der Waals surface area contributed by atoms with E-state index in [2.05, 4.69) is 4.99 Å². The second-order valence-corrected chi connectivity index (χ2v) is 9.07. The van der Waals surface area contributed by atoms with Gasteiger partial charge in [0.15, 0.2) is 23.0 Å². The number of amides is 1. The van der Waals surface area contributed by atoms with Crippen LogP contribution in [0.3, 0.4) is 0 Å². The standard InChI is InChI=1S/C23H33N3O3/c1-26-21(28)23(25-22(26)24,14-16-7-3-2-4-8-16)15-29-20-13-18(11-12-19(20)27)17-9-5-6-10-17/h11-13,16-17,27H,2-10,14-15H2,1H3,(H2,24,25). The van der Waals surface area contributed by atoms with E-state index in [1.165, 1.54) is 55.4 Å². The van der Waals surface area contributed by atoms with Crippen molar-refractivity contribution in [3.63, 3.8) is 0 Å². The Bertz CT molecular complexity index is 782. The van der Waals surface area contributed by atoms with Crippen molar-refractivity contribution in [3.05, 3.63) is 23.8 Å². The van der Waals surface area contributed by atoms with Crippen LogP contribution in [-0.4, -0.2) is 41.1 Å². The zero-order valence-corrected chi connectivity index (χ0v) is 17.4. The molecule has 1 heterocycles. The van der Waals surface area contributed by atoms with Gasteiger partial charge in [0.2, 0.25) is 0 Å². The van der Waals surface area contributed by atoms with Gasteiger partial charge in [0, 0.05) is 7.05 Å². The second kappa shape index (κ2) is 8.25. The van der Waals surface area contributed by atoms with Gasteiger partial charge in [-0.15, -0.1) is 0 Å². The van der Waals surface area contributed by atoms with E-state index in [1.54, 1.807) is 13.1 Å². The molecule has 29 heavy (non-hydrogen) atoms. The number of aliphatic imine (C=N–C) groups is 1. The maximum Gasteiger partial charge on any atom is 0.260 e. The molecule has 1 amide bonds. The fourth-order valence-electron chi connectivity index (χ4n) is 5.27. The number of carbonyl (C=O) groups is 1. The van der Waals surface area contributed by atoms with Crippen LogP contribution in [0.4, 0.5) is 0 Å². The van der Waals surface area contributed by atoms with Crippen molar-refractivity contribution in [2.45, 2.75) is 75.7 Å². The average molecular weight is 400 g/mol. The lowest BCUT2D eigenvalue weighted by atomic mass is 9.79. The summed E-state index contributed by atoms with van der Waals surface area (Å²) >= 11 is 0. The van der Waals surface area contributed by atoms with Crippen molar-refractivity contribution in [3.8, 4) is 11.5 Å². The monoisotopic (exact) mass is 399 g/mol. The predicted molar refractivity (Wildman–Crippen MR) is 113 cm³/mol. The number of carbonyl (C=O) groups excluding carboxylic acids is 1. The van der Waals surface area contributed by atoms with Crippen molar-refractivity contribution in [1.82, 2.24) is 4.90 Å². The molecule has 0 spiro atoms. The molecular weight excluding hydrogens is 366 g/mol. The molecule has 6 nitrogen and oxygen atoms in total. The zero-order chi connectivity index (χ0) is 20.4. The molecule has 0 radical (unpaired) electrons. The molecule has 3 N–H and O–H groups in total. The first-order valence-electron chi connectivity index (χ1n) is 11.1. The zero-order valence-electron chi connectivity index (χ0n) is 17.4. The van der Waals surface area contributed by atoms with Crippen LogP contribution >= 0.6 is 0 Å². The maximum atomic E-state index is 13.1. The molecule has 1 aliphatic heterocycles. The summed E-state index contributed by atoms with van der Waals surface area (Å²) in [5.41, 5.74) is 6.22. The Morgan fingerprint density at radius 1 is 1.17 bits per heavy atom. The van der Waals surface area contributed by atoms with Crippen LogP contribution in [0.5, 0.6) is 11.5 Å². The van der Waals surface area contributed by atoms with E-state index in [0.717, 1.165) is 12.8 Å². The lowest BCUT2D eigenvalue weighted by Crippen LogP contribution is -2.47. The van der Waals surface area contributed by atoms with E-state index < -0.39 is 5.54 Å². The van der Waals surface area contributed by atoms with Crippen molar-refractivity contribution in [2.24, 2.45) is 16.6 Å². The first-order valence-corrected chi connectivity index (χ1v) is 11.1. The molecule has 1 aromatic rings. The smallest absolute Gasteiger partial charge is 0.260 e. The number of guanidine groups is 1. The van der Waals surface area contributed by atoms with Gasteiger partial charge < -0.3 is 15.6 Å². The minimum absolute atomic E-state index is 0.105. The lowest BCUT2D eigenvalue weighted by Gasteiger charge is -2.31. The van der Waals surface area contributed by atoms with Crippen molar-refractivity contribution >= 4 is 11.9 Å². The number of benzene rings is 1. The van der Waals surface area contributed by atoms with Gasteiger partial charge in [0.1, 0.15) is 6.61 Å². The molecule has 0 aromatic heterocycles. The number of nitrogens with zero attached hydrogens (tertiary/aromatic N) is 2. The third-order valence-electron chi connectivity index (χ3n) is 7.00. The fourth-order valence-corrected chi connectivity index (χ4v) is 5.27. The summed E-state index contributed by atoms with van der Waals surface area (Å²) in [6.07, 6.45) is 11.4. The molecular formula is C23H33N3O3. The average Bonchev–Trinajstić information content (AvgIpc) is 3.33. The Morgan fingerprint density at radius 2 is 1.86 bits per heavy atom. The third-order valence-corrected chi connectivity index (χ3v) is 7.00. The number of phenols is 1. The van der Waals surface area contributed by atoms with Gasteiger partial charge in [0.05, 0.1) is 0 Å². The molecule has 2 saturated carbocycles. The maximum absolute atomic E-state index is 13.1. The fraction of sp³-hybridized carbons (Fsp3) is 0.652. The molecule has 1 aromatic carbocycles. The van der Waals surface area contributed by atoms with Crippen LogP contribution in [0.2, 0.25) is 0 Å². The summed E-state index contributed by atoms with van der Waals surface area (Å²) in [6.45, 7) is 0.106. The number of aromatic hydroxyl groups is 1. The van der Waals surface area contributed by atoms with Crippen molar-refractivity contribution in [1.29, 1.82) is 0 Å². The molecule has 158 valence electrons. The van der Waals surface area contributed by atoms with Crippen molar-refractivity contribution in [2.75, 3.05) is 13.7 Å². The molecule has 0 bridgehead atoms. The minimum Gasteiger partial charge on any atom is -0.504 e. The first kappa shape index (κ1) is 20.0. The number of rotatable bonds is 6. The Kier molecular flexibility index (Phi) is 5.70. The van der Waals surface area contributed by atoms with Crippen molar-refractivity contribution < 1.29 is 14.6 Å². The Balaban J connectivity index is 1.54. The Labute approximate surface area is 173 Å². The number of ether oxygens (including phenoxy) is 1. The van der Waals surface area contributed by atoms with Gasteiger partial charge in [-0.1, -0.05) is 51.0 Å². The van der Waals surface area contributed by atoms with Crippen LogP contribution in [0.15, 0.2) is 23.2 Å². The second-order valence-electron chi connectivity index (χ2n) is 9.07. The van der Waals surface area contributed by atoms with E-state index in [1.807, 2.05) is 12.1 Å². The summed E-state index contributed by atoms with van der Waals surface area (Å²) in [5, 5.41) is 10.3. The summed E-state index contributed by atoms with van der Waals surface area (Å²) in [5.74, 6) is 1.68. The van der Waals surface area contributed by atoms with E-state index in [9.17, 15) is 9.90 Å². The van der Waals surface area contributed by atoms with Crippen LogP contribution in [0, 0.1) is 5.92 Å². The summed E-state index contributed by atoms with van der Waals surface area (Å²) < 4.78 is 6.07. The van der Waals surface area contributed by atoms with Crippen LogP contribution in [-0.2, 0) is 4.79 Å². The third kappa shape index (κ3) is 4.07. The van der Waals surface area contributed by atoms with Crippen LogP contribution < -0.4 is 10.5 Å². The van der Waals surface area contributed by atoms with E-state index >= 15 is 0 Å². The molecule has 0 saturated heterocycles. The number of phenolic OH excluding ortho intramolecular Hbond substituents is 1. The summed E-state index contributed by atoms with van der Waals surface area (Å²) in [4.78, 5) is 19.1. The Morgan fingerprint density at radius 3 is 2.52 bits per heavy atom. The molecule has 1 unspecified atom stereocenters. The van der Waals surface area contributed by atoms with Gasteiger partial charge in [-0.2, -0.15) is 0 Å². The predicted octanol–water partition coefficient (Wildman–Crippen LogP) is 3.92. The molecule has 2 aliphatic carbocycles. The summed E-state index contributed by atoms with van der Waals surface area (Å²) in [6, 6.07) is 5.63. The van der Waals surface area contributed by atoms with E-state index in [-0.39, 0.29) is 24.2 Å². The van der Waals surface area contributed by atoms with Gasteiger partial charge in [0.25, 0.3) is 5.91 Å². The highest BCUT2D eigenvalue weighted by molar-refractivity contribution is 6.06. The number of hydrogen-bond donors (Lipinski definition) is 2. The number of hydrogen-bond acceptors (Lipinski definition) is 5.